The first-order valence-corrected chi connectivity index (χ1v) is 4.64. The van der Waals surface area contributed by atoms with Crippen LogP contribution >= 0.6 is 0 Å². The minimum absolute atomic E-state index is 0.309. The molecule has 0 atom stereocenters. The number of hydrogen-bond donors (Lipinski definition) is 0. The van der Waals surface area contributed by atoms with Gasteiger partial charge in [-0.15, -0.1) is 0 Å². The molecule has 0 aliphatic heterocycles. The summed E-state index contributed by atoms with van der Waals surface area (Å²) in [4.78, 5) is 21.7. The number of halogens is 2. The molecule has 0 aromatic heterocycles. The van der Waals surface area contributed by atoms with Crippen molar-refractivity contribution in [2.24, 2.45) is 0 Å². The molecule has 0 saturated heterocycles. The standard InChI is InChI=1S/C10H7F2N3O3/c1-14(3-2-13)10(16)6-4-8(12)9(15(17)18)5-7(6)11/h4-5H,3H2,1H3. The van der Waals surface area contributed by atoms with Gasteiger partial charge in [0, 0.05) is 7.05 Å². The molecule has 0 spiro atoms. The topological polar surface area (TPSA) is 87.2 Å². The summed E-state index contributed by atoms with van der Waals surface area (Å²) in [6.45, 7) is -0.309. The molecular formula is C10H7F2N3O3. The molecule has 18 heavy (non-hydrogen) atoms. The molecule has 94 valence electrons. The van der Waals surface area contributed by atoms with Gasteiger partial charge in [0.05, 0.1) is 22.6 Å². The van der Waals surface area contributed by atoms with Crippen LogP contribution in [0.25, 0.3) is 0 Å². The lowest BCUT2D eigenvalue weighted by Crippen LogP contribution is -2.28. The number of carbonyl (C=O) groups is 1. The maximum absolute atomic E-state index is 13.4. The van der Waals surface area contributed by atoms with Crippen LogP contribution in [-0.4, -0.2) is 29.3 Å². The molecule has 0 unspecified atom stereocenters. The van der Waals surface area contributed by atoms with Crippen molar-refractivity contribution in [2.75, 3.05) is 13.6 Å². The van der Waals surface area contributed by atoms with Crippen LogP contribution in [0.5, 0.6) is 0 Å². The van der Waals surface area contributed by atoms with Gasteiger partial charge in [-0.2, -0.15) is 9.65 Å². The summed E-state index contributed by atoms with van der Waals surface area (Å²) in [7, 11) is 1.23. The number of nitriles is 1. The molecule has 1 aromatic carbocycles. The highest BCUT2D eigenvalue weighted by molar-refractivity contribution is 5.94. The third-order valence-electron chi connectivity index (χ3n) is 2.12. The van der Waals surface area contributed by atoms with Gasteiger partial charge in [-0.05, 0) is 6.07 Å². The summed E-state index contributed by atoms with van der Waals surface area (Å²) in [5.74, 6) is -3.45. The summed E-state index contributed by atoms with van der Waals surface area (Å²) < 4.78 is 26.7. The van der Waals surface area contributed by atoms with Crippen molar-refractivity contribution in [3.63, 3.8) is 0 Å². The van der Waals surface area contributed by atoms with Gasteiger partial charge in [0.15, 0.2) is 0 Å². The first-order chi connectivity index (χ1) is 8.38. The molecule has 6 nitrogen and oxygen atoms in total. The minimum Gasteiger partial charge on any atom is -0.328 e. The minimum atomic E-state index is -1.31. The Morgan fingerprint density at radius 2 is 2.11 bits per heavy atom. The van der Waals surface area contributed by atoms with Gasteiger partial charge in [-0.1, -0.05) is 0 Å². The predicted molar refractivity (Wildman–Crippen MR) is 55.6 cm³/mol. The number of nitro groups is 1. The van der Waals surface area contributed by atoms with E-state index in [4.69, 9.17) is 5.26 Å². The van der Waals surface area contributed by atoms with Crippen molar-refractivity contribution in [1.29, 1.82) is 5.26 Å². The molecule has 1 rings (SSSR count). The highest BCUT2D eigenvalue weighted by atomic mass is 19.1. The Labute approximate surface area is 100 Å². The molecule has 1 amide bonds. The molecule has 0 bridgehead atoms. The molecular weight excluding hydrogens is 248 g/mol. The van der Waals surface area contributed by atoms with Gasteiger partial charge < -0.3 is 4.90 Å². The quantitative estimate of drug-likeness (QED) is 0.464. The average Bonchev–Trinajstić information content (AvgIpc) is 2.30. The zero-order valence-corrected chi connectivity index (χ0v) is 9.18. The molecule has 0 aliphatic carbocycles. The van der Waals surface area contributed by atoms with Crippen molar-refractivity contribution >= 4 is 11.6 Å². The first kappa shape index (κ1) is 13.5. The van der Waals surface area contributed by atoms with Crippen LogP contribution in [0.2, 0.25) is 0 Å². The van der Waals surface area contributed by atoms with E-state index in [1.807, 2.05) is 0 Å². The number of carbonyl (C=O) groups excluding carboxylic acids is 1. The maximum atomic E-state index is 13.4. The van der Waals surface area contributed by atoms with E-state index in [-0.39, 0.29) is 6.54 Å². The molecule has 0 radical (unpaired) electrons. The lowest BCUT2D eigenvalue weighted by Gasteiger charge is -2.13. The van der Waals surface area contributed by atoms with Crippen LogP contribution in [0, 0.1) is 33.1 Å². The van der Waals surface area contributed by atoms with E-state index in [0.717, 1.165) is 4.90 Å². The Balaban J connectivity index is 3.20. The van der Waals surface area contributed by atoms with Crippen LogP contribution in [-0.2, 0) is 0 Å². The fraction of sp³-hybridized carbons (Fsp3) is 0.200. The Kier molecular flexibility index (Phi) is 3.89. The van der Waals surface area contributed by atoms with Crippen LogP contribution in [0.4, 0.5) is 14.5 Å². The van der Waals surface area contributed by atoms with Gasteiger partial charge >= 0.3 is 5.69 Å². The van der Waals surface area contributed by atoms with Crippen LogP contribution in [0.15, 0.2) is 12.1 Å². The molecule has 8 heteroatoms. The van der Waals surface area contributed by atoms with E-state index in [1.165, 1.54) is 7.05 Å². The van der Waals surface area contributed by atoms with Crippen molar-refractivity contribution in [1.82, 2.24) is 4.90 Å². The second kappa shape index (κ2) is 5.18. The normalized spacial score (nSPS) is 9.67. The number of amides is 1. The zero-order chi connectivity index (χ0) is 13.9. The maximum Gasteiger partial charge on any atom is 0.307 e. The average molecular weight is 255 g/mol. The Morgan fingerprint density at radius 3 is 2.61 bits per heavy atom. The third kappa shape index (κ3) is 2.57. The summed E-state index contributed by atoms with van der Waals surface area (Å²) in [5, 5.41) is 18.7. The fourth-order valence-electron chi connectivity index (χ4n) is 1.22. The molecule has 0 N–H and O–H groups in total. The van der Waals surface area contributed by atoms with Gasteiger partial charge in [0.2, 0.25) is 5.82 Å². The van der Waals surface area contributed by atoms with Crippen molar-refractivity contribution < 1.29 is 18.5 Å². The smallest absolute Gasteiger partial charge is 0.307 e. The lowest BCUT2D eigenvalue weighted by atomic mass is 10.1. The summed E-state index contributed by atoms with van der Waals surface area (Å²) in [6, 6.07) is 2.45. The van der Waals surface area contributed by atoms with Gasteiger partial charge in [-0.3, -0.25) is 14.9 Å². The van der Waals surface area contributed by atoms with E-state index < -0.39 is 33.7 Å². The molecule has 0 heterocycles. The molecule has 0 aliphatic rings. The zero-order valence-electron chi connectivity index (χ0n) is 9.18. The second-order valence-corrected chi connectivity index (χ2v) is 3.36. The summed E-state index contributed by atoms with van der Waals surface area (Å²) >= 11 is 0. The van der Waals surface area contributed by atoms with E-state index in [0.29, 0.717) is 12.1 Å². The second-order valence-electron chi connectivity index (χ2n) is 3.36. The third-order valence-corrected chi connectivity index (χ3v) is 2.12. The Hall–Kier alpha value is -2.56. The van der Waals surface area contributed by atoms with Crippen molar-refractivity contribution in [3.8, 4) is 6.07 Å². The molecule has 1 aromatic rings. The monoisotopic (exact) mass is 255 g/mol. The fourth-order valence-corrected chi connectivity index (χ4v) is 1.22. The van der Waals surface area contributed by atoms with E-state index in [9.17, 15) is 23.7 Å². The SMILES string of the molecule is CN(CC#N)C(=O)c1cc(F)c([N+](=O)[O-])cc1F. The highest BCUT2D eigenvalue weighted by Crippen LogP contribution is 2.22. The summed E-state index contributed by atoms with van der Waals surface area (Å²) in [6.07, 6.45) is 0. The number of benzene rings is 1. The van der Waals surface area contributed by atoms with E-state index in [2.05, 4.69) is 0 Å². The lowest BCUT2D eigenvalue weighted by molar-refractivity contribution is -0.387. The van der Waals surface area contributed by atoms with E-state index >= 15 is 0 Å². The predicted octanol–water partition coefficient (Wildman–Crippen LogP) is 1.47. The van der Waals surface area contributed by atoms with Crippen molar-refractivity contribution in [2.45, 2.75) is 0 Å². The van der Waals surface area contributed by atoms with Crippen LogP contribution in [0.1, 0.15) is 10.4 Å². The Bertz CT molecular complexity index is 554. The van der Waals surface area contributed by atoms with Gasteiger partial charge in [0.25, 0.3) is 5.91 Å². The number of rotatable bonds is 3. The van der Waals surface area contributed by atoms with Crippen LogP contribution < -0.4 is 0 Å². The first-order valence-electron chi connectivity index (χ1n) is 4.64. The number of hydrogen-bond acceptors (Lipinski definition) is 4. The number of nitrogens with zero attached hydrogens (tertiary/aromatic N) is 3. The van der Waals surface area contributed by atoms with E-state index in [1.54, 1.807) is 6.07 Å². The summed E-state index contributed by atoms with van der Waals surface area (Å²) in [5.41, 5.74) is -1.71. The van der Waals surface area contributed by atoms with Gasteiger partial charge in [-0.25, -0.2) is 4.39 Å². The van der Waals surface area contributed by atoms with Gasteiger partial charge in [0.1, 0.15) is 12.4 Å². The largest absolute Gasteiger partial charge is 0.328 e. The number of nitro benzene ring substituents is 1. The molecule has 0 saturated carbocycles. The highest BCUT2D eigenvalue weighted by Gasteiger charge is 2.23. The molecule has 0 fully saturated rings. The Morgan fingerprint density at radius 1 is 1.50 bits per heavy atom. The van der Waals surface area contributed by atoms with Crippen LogP contribution in [0.3, 0.4) is 0 Å². The van der Waals surface area contributed by atoms with Crippen molar-refractivity contribution in [3.05, 3.63) is 39.4 Å².